The number of ether oxygens (including phenoxy) is 1. The van der Waals surface area contributed by atoms with Crippen molar-refractivity contribution in [3.63, 3.8) is 0 Å². The predicted molar refractivity (Wildman–Crippen MR) is 86.4 cm³/mol. The number of aromatic amines is 1. The predicted octanol–water partition coefficient (Wildman–Crippen LogP) is 2.08. The summed E-state index contributed by atoms with van der Waals surface area (Å²) >= 11 is 0. The Morgan fingerprint density at radius 1 is 1.55 bits per heavy atom. The third-order valence-corrected chi connectivity index (χ3v) is 3.81. The van der Waals surface area contributed by atoms with Gasteiger partial charge in [0.05, 0.1) is 25.5 Å². The van der Waals surface area contributed by atoms with E-state index in [-0.39, 0.29) is 6.04 Å². The topological polar surface area (TPSA) is 89.9 Å². The summed E-state index contributed by atoms with van der Waals surface area (Å²) in [7, 11) is 0. The summed E-state index contributed by atoms with van der Waals surface area (Å²) in [6.45, 7) is 6.36. The molecule has 1 aliphatic heterocycles. The van der Waals surface area contributed by atoms with Crippen molar-refractivity contribution in [2.24, 2.45) is 0 Å². The minimum Gasteiger partial charge on any atom is -0.377 e. The van der Waals surface area contributed by atoms with Gasteiger partial charge in [0.1, 0.15) is 17.5 Å². The van der Waals surface area contributed by atoms with Crippen LogP contribution in [0.15, 0.2) is 18.3 Å². The third kappa shape index (κ3) is 2.80. The molecule has 0 bridgehead atoms. The summed E-state index contributed by atoms with van der Waals surface area (Å²) in [5.74, 6) is 2.32. The van der Waals surface area contributed by atoms with E-state index in [1.165, 1.54) is 6.21 Å². The molecular formula is C15H20N6O. The first-order valence-corrected chi connectivity index (χ1v) is 7.32. The molecular weight excluding hydrogens is 280 g/mol. The Morgan fingerprint density at radius 3 is 3.09 bits per heavy atom. The Kier molecular flexibility index (Phi) is 4.06. The van der Waals surface area contributed by atoms with Crippen LogP contribution < -0.4 is 10.2 Å². The summed E-state index contributed by atoms with van der Waals surface area (Å²) in [5, 5.41) is 17.6. The van der Waals surface area contributed by atoms with Gasteiger partial charge in [-0.3, -0.25) is 5.10 Å². The molecule has 0 aromatic carbocycles. The second-order valence-electron chi connectivity index (χ2n) is 5.42. The number of morpholine rings is 1. The van der Waals surface area contributed by atoms with Crippen LogP contribution in [0, 0.1) is 12.3 Å². The summed E-state index contributed by atoms with van der Waals surface area (Å²) in [6.07, 6.45) is 3.00. The largest absolute Gasteiger partial charge is 0.377 e. The van der Waals surface area contributed by atoms with Crippen molar-refractivity contribution in [2.75, 3.05) is 30.0 Å². The van der Waals surface area contributed by atoms with Crippen LogP contribution in [0.25, 0.3) is 0 Å². The van der Waals surface area contributed by atoms with Gasteiger partial charge >= 0.3 is 0 Å². The SMILES string of the molecule is Cc1cc(N2CCOC[C@H]2C)nc(Nc2ccn[nH]2)c1C=N. The molecule has 0 spiro atoms. The van der Waals surface area contributed by atoms with Gasteiger partial charge in [0.25, 0.3) is 0 Å². The Bertz CT molecular complexity index is 654. The van der Waals surface area contributed by atoms with E-state index in [9.17, 15) is 0 Å². The first-order chi connectivity index (χ1) is 10.7. The smallest absolute Gasteiger partial charge is 0.143 e. The maximum atomic E-state index is 7.64. The van der Waals surface area contributed by atoms with E-state index in [4.69, 9.17) is 15.1 Å². The van der Waals surface area contributed by atoms with E-state index in [0.29, 0.717) is 19.0 Å². The number of hydrogen-bond acceptors (Lipinski definition) is 6. The zero-order valence-electron chi connectivity index (χ0n) is 12.8. The number of H-pyrrole nitrogens is 1. The van der Waals surface area contributed by atoms with E-state index >= 15 is 0 Å². The molecule has 3 N–H and O–H groups in total. The minimum absolute atomic E-state index is 0.284. The Morgan fingerprint density at radius 2 is 2.41 bits per heavy atom. The fourth-order valence-corrected chi connectivity index (χ4v) is 2.61. The highest BCUT2D eigenvalue weighted by atomic mass is 16.5. The molecule has 0 aliphatic carbocycles. The summed E-state index contributed by atoms with van der Waals surface area (Å²) in [4.78, 5) is 6.95. The number of pyridine rings is 1. The standard InChI is InChI=1S/C15H20N6O/c1-10-7-14(21-5-6-22-9-11(21)2)19-15(12(10)8-16)18-13-3-4-17-20-13/h3-4,7-8,11,16H,5-6,9H2,1-2H3,(H2,17,18,19,20)/t11-/m1/s1. The second-order valence-corrected chi connectivity index (χ2v) is 5.42. The normalized spacial score (nSPS) is 18.3. The molecule has 2 aromatic rings. The van der Waals surface area contributed by atoms with E-state index in [0.717, 1.165) is 29.3 Å². The summed E-state index contributed by atoms with van der Waals surface area (Å²) in [5.41, 5.74) is 1.79. The fraction of sp³-hybridized carbons (Fsp3) is 0.400. The van der Waals surface area contributed by atoms with Gasteiger partial charge in [0.15, 0.2) is 0 Å². The zero-order valence-corrected chi connectivity index (χ0v) is 12.8. The van der Waals surface area contributed by atoms with Gasteiger partial charge in [-0.25, -0.2) is 4.98 Å². The van der Waals surface area contributed by atoms with Crippen molar-refractivity contribution in [3.8, 4) is 0 Å². The number of aromatic nitrogens is 3. The number of rotatable bonds is 4. The molecule has 1 saturated heterocycles. The number of nitrogens with zero attached hydrogens (tertiary/aromatic N) is 3. The molecule has 1 aliphatic rings. The molecule has 3 rings (SSSR count). The number of hydrogen-bond donors (Lipinski definition) is 3. The molecule has 1 fully saturated rings. The molecule has 7 nitrogen and oxygen atoms in total. The average molecular weight is 300 g/mol. The molecule has 7 heteroatoms. The van der Waals surface area contributed by atoms with Crippen molar-refractivity contribution < 1.29 is 4.74 Å². The minimum atomic E-state index is 0.284. The van der Waals surface area contributed by atoms with Crippen molar-refractivity contribution in [2.45, 2.75) is 19.9 Å². The number of nitrogens with one attached hydrogen (secondary N) is 3. The average Bonchev–Trinajstić information content (AvgIpc) is 3.00. The molecule has 22 heavy (non-hydrogen) atoms. The lowest BCUT2D eigenvalue weighted by Crippen LogP contribution is -2.44. The lowest BCUT2D eigenvalue weighted by Gasteiger charge is -2.34. The molecule has 3 heterocycles. The van der Waals surface area contributed by atoms with Crippen LogP contribution in [0.1, 0.15) is 18.1 Å². The van der Waals surface area contributed by atoms with Gasteiger partial charge < -0.3 is 20.4 Å². The lowest BCUT2D eigenvalue weighted by atomic mass is 10.1. The first kappa shape index (κ1) is 14.5. The Balaban J connectivity index is 1.98. The highest BCUT2D eigenvalue weighted by Crippen LogP contribution is 2.26. The van der Waals surface area contributed by atoms with Crippen LogP contribution in [0.4, 0.5) is 17.5 Å². The van der Waals surface area contributed by atoms with Gasteiger partial charge in [-0.05, 0) is 25.5 Å². The van der Waals surface area contributed by atoms with Crippen LogP contribution in [0.5, 0.6) is 0 Å². The van der Waals surface area contributed by atoms with Crippen LogP contribution in [-0.2, 0) is 4.74 Å². The molecule has 0 amide bonds. The maximum Gasteiger partial charge on any atom is 0.143 e. The van der Waals surface area contributed by atoms with Crippen LogP contribution in [0.2, 0.25) is 0 Å². The zero-order chi connectivity index (χ0) is 15.5. The van der Waals surface area contributed by atoms with Crippen LogP contribution >= 0.6 is 0 Å². The lowest BCUT2D eigenvalue weighted by molar-refractivity contribution is 0.0985. The fourth-order valence-electron chi connectivity index (χ4n) is 2.61. The molecule has 2 aromatic heterocycles. The summed E-state index contributed by atoms with van der Waals surface area (Å²) < 4.78 is 5.49. The Labute approximate surface area is 129 Å². The second kappa shape index (κ2) is 6.15. The maximum absolute atomic E-state index is 7.64. The molecule has 0 saturated carbocycles. The first-order valence-electron chi connectivity index (χ1n) is 7.32. The van der Waals surface area contributed by atoms with E-state index in [2.05, 4.69) is 27.3 Å². The van der Waals surface area contributed by atoms with Gasteiger partial charge in [-0.15, -0.1) is 0 Å². The van der Waals surface area contributed by atoms with Gasteiger partial charge in [-0.1, -0.05) is 0 Å². The number of aryl methyl sites for hydroxylation is 1. The molecule has 0 unspecified atom stereocenters. The third-order valence-electron chi connectivity index (χ3n) is 3.81. The molecule has 116 valence electrons. The van der Waals surface area contributed by atoms with E-state index < -0.39 is 0 Å². The molecule has 0 radical (unpaired) electrons. The Hall–Kier alpha value is -2.41. The van der Waals surface area contributed by atoms with Crippen molar-refractivity contribution in [3.05, 3.63) is 29.5 Å². The van der Waals surface area contributed by atoms with E-state index in [1.54, 1.807) is 6.20 Å². The van der Waals surface area contributed by atoms with Gasteiger partial charge in [-0.2, -0.15) is 5.10 Å². The van der Waals surface area contributed by atoms with Crippen molar-refractivity contribution in [1.82, 2.24) is 15.2 Å². The summed E-state index contributed by atoms with van der Waals surface area (Å²) in [6, 6.07) is 4.14. The van der Waals surface area contributed by atoms with Crippen LogP contribution in [0.3, 0.4) is 0 Å². The quantitative estimate of drug-likeness (QED) is 0.752. The molecule has 1 atom stereocenters. The highest BCUT2D eigenvalue weighted by molar-refractivity contribution is 5.88. The van der Waals surface area contributed by atoms with Gasteiger partial charge in [0, 0.05) is 24.4 Å². The number of anilines is 3. The highest BCUT2D eigenvalue weighted by Gasteiger charge is 2.22. The van der Waals surface area contributed by atoms with Crippen LogP contribution in [-0.4, -0.2) is 47.2 Å². The van der Waals surface area contributed by atoms with Crippen molar-refractivity contribution >= 4 is 23.7 Å². The van der Waals surface area contributed by atoms with E-state index in [1.807, 2.05) is 19.1 Å². The van der Waals surface area contributed by atoms with Crippen molar-refractivity contribution in [1.29, 1.82) is 5.41 Å². The monoisotopic (exact) mass is 300 g/mol. The van der Waals surface area contributed by atoms with Gasteiger partial charge in [0.2, 0.25) is 0 Å².